The molecule has 0 unspecified atom stereocenters. The molecule has 0 fully saturated rings. The molecule has 0 spiro atoms. The summed E-state index contributed by atoms with van der Waals surface area (Å²) in [5.74, 6) is 0.541. The third kappa shape index (κ3) is 1.92. The summed E-state index contributed by atoms with van der Waals surface area (Å²) in [7, 11) is 1.55. The van der Waals surface area contributed by atoms with E-state index in [9.17, 15) is 0 Å². The molecule has 0 atom stereocenters. The summed E-state index contributed by atoms with van der Waals surface area (Å²) >= 11 is 3.36. The van der Waals surface area contributed by atoms with Gasteiger partial charge in [0, 0.05) is 10.5 Å². The van der Waals surface area contributed by atoms with E-state index >= 15 is 0 Å². The van der Waals surface area contributed by atoms with Crippen LogP contribution in [-0.4, -0.2) is 16.9 Å². The molecule has 0 bridgehead atoms. The maximum absolute atomic E-state index is 8.77. The molecule has 2 aromatic rings. The van der Waals surface area contributed by atoms with Gasteiger partial charge in [-0.05, 0) is 24.3 Å². The summed E-state index contributed by atoms with van der Waals surface area (Å²) < 4.78 is 7.73. The first kappa shape index (κ1) is 10.7. The minimum absolute atomic E-state index is 0.333. The lowest BCUT2D eigenvalue weighted by Gasteiger charge is -2.05. The molecule has 0 N–H and O–H groups in total. The maximum Gasteiger partial charge on any atom is 0.217 e. The minimum atomic E-state index is 0.333. The zero-order chi connectivity index (χ0) is 11.5. The zero-order valence-electron chi connectivity index (χ0n) is 8.51. The summed E-state index contributed by atoms with van der Waals surface area (Å²) in [5, 5.41) is 12.9. The lowest BCUT2D eigenvalue weighted by atomic mass is 10.3. The highest BCUT2D eigenvalue weighted by Crippen LogP contribution is 2.20. The number of benzene rings is 1. The fourth-order valence-corrected chi connectivity index (χ4v) is 1.60. The predicted molar refractivity (Wildman–Crippen MR) is 62.5 cm³/mol. The van der Waals surface area contributed by atoms with Crippen molar-refractivity contribution in [3.8, 4) is 17.6 Å². The van der Waals surface area contributed by atoms with E-state index in [4.69, 9.17) is 10.00 Å². The highest BCUT2D eigenvalue weighted by molar-refractivity contribution is 9.10. The van der Waals surface area contributed by atoms with Crippen molar-refractivity contribution in [2.75, 3.05) is 7.11 Å². The number of nitriles is 1. The number of nitrogens with zero attached hydrogens (tertiary/aromatic N) is 3. The van der Waals surface area contributed by atoms with Crippen molar-refractivity contribution in [3.05, 3.63) is 40.5 Å². The fraction of sp³-hybridized carbons (Fsp3) is 0.0909. The SMILES string of the molecule is COc1cc(C#N)nn1-c1ccc(Br)cc1. The molecule has 1 heterocycles. The van der Waals surface area contributed by atoms with Crippen LogP contribution in [0.15, 0.2) is 34.8 Å². The van der Waals surface area contributed by atoms with Crippen LogP contribution in [0.25, 0.3) is 5.69 Å². The number of ether oxygens (including phenoxy) is 1. The quantitative estimate of drug-likeness (QED) is 0.848. The van der Waals surface area contributed by atoms with Gasteiger partial charge in [-0.3, -0.25) is 0 Å². The normalized spacial score (nSPS) is 9.81. The standard InChI is InChI=1S/C11H8BrN3O/c1-16-11-6-9(7-13)14-15(11)10-4-2-8(12)3-5-10/h2-6H,1H3. The van der Waals surface area contributed by atoms with E-state index in [2.05, 4.69) is 21.0 Å². The molecule has 0 aliphatic rings. The van der Waals surface area contributed by atoms with Gasteiger partial charge >= 0.3 is 0 Å². The van der Waals surface area contributed by atoms with Gasteiger partial charge in [-0.2, -0.15) is 15.0 Å². The Balaban J connectivity index is 2.51. The molecule has 2 rings (SSSR count). The summed E-state index contributed by atoms with van der Waals surface area (Å²) in [5.41, 5.74) is 1.18. The van der Waals surface area contributed by atoms with Crippen LogP contribution in [0.2, 0.25) is 0 Å². The first-order valence-electron chi connectivity index (χ1n) is 4.54. The van der Waals surface area contributed by atoms with Crippen LogP contribution in [-0.2, 0) is 0 Å². The Morgan fingerprint density at radius 1 is 1.38 bits per heavy atom. The number of hydrogen-bond donors (Lipinski definition) is 0. The third-order valence-corrected chi connectivity index (χ3v) is 2.60. The van der Waals surface area contributed by atoms with Gasteiger partial charge in [-0.1, -0.05) is 15.9 Å². The zero-order valence-corrected chi connectivity index (χ0v) is 10.1. The van der Waals surface area contributed by atoms with Crippen molar-refractivity contribution in [3.63, 3.8) is 0 Å². The van der Waals surface area contributed by atoms with E-state index < -0.39 is 0 Å². The van der Waals surface area contributed by atoms with Crippen LogP contribution in [0.3, 0.4) is 0 Å². The smallest absolute Gasteiger partial charge is 0.217 e. The Labute approximate surface area is 101 Å². The first-order chi connectivity index (χ1) is 7.74. The molecule has 80 valence electrons. The molecule has 16 heavy (non-hydrogen) atoms. The molecule has 4 nitrogen and oxygen atoms in total. The Hall–Kier alpha value is -1.80. The van der Waals surface area contributed by atoms with Crippen LogP contribution in [0.4, 0.5) is 0 Å². The molecule has 0 amide bonds. The topological polar surface area (TPSA) is 50.8 Å². The van der Waals surface area contributed by atoms with E-state index in [0.717, 1.165) is 10.2 Å². The Morgan fingerprint density at radius 2 is 2.06 bits per heavy atom. The van der Waals surface area contributed by atoms with Gasteiger partial charge in [0.2, 0.25) is 5.88 Å². The molecule has 1 aromatic heterocycles. The molecule has 0 saturated carbocycles. The van der Waals surface area contributed by atoms with Gasteiger partial charge in [0.15, 0.2) is 5.69 Å². The van der Waals surface area contributed by atoms with E-state index in [0.29, 0.717) is 11.6 Å². The fourth-order valence-electron chi connectivity index (χ4n) is 1.33. The Morgan fingerprint density at radius 3 is 2.62 bits per heavy atom. The van der Waals surface area contributed by atoms with Crippen molar-refractivity contribution in [1.82, 2.24) is 9.78 Å². The van der Waals surface area contributed by atoms with Crippen molar-refractivity contribution < 1.29 is 4.74 Å². The number of rotatable bonds is 2. The van der Waals surface area contributed by atoms with Gasteiger partial charge in [-0.15, -0.1) is 0 Å². The second-order valence-electron chi connectivity index (χ2n) is 3.07. The van der Waals surface area contributed by atoms with Gasteiger partial charge in [0.05, 0.1) is 12.8 Å². The highest BCUT2D eigenvalue weighted by atomic mass is 79.9. The molecule has 0 radical (unpaired) electrons. The monoisotopic (exact) mass is 277 g/mol. The maximum atomic E-state index is 8.77. The molecule has 0 aliphatic carbocycles. The lowest BCUT2D eigenvalue weighted by molar-refractivity contribution is 0.383. The van der Waals surface area contributed by atoms with Crippen molar-refractivity contribution in [1.29, 1.82) is 5.26 Å². The summed E-state index contributed by atoms with van der Waals surface area (Å²) in [6.45, 7) is 0. The average molecular weight is 278 g/mol. The largest absolute Gasteiger partial charge is 0.481 e. The van der Waals surface area contributed by atoms with Gasteiger partial charge < -0.3 is 4.74 Å². The molecule has 1 aromatic carbocycles. The van der Waals surface area contributed by atoms with Crippen LogP contribution in [0.1, 0.15) is 5.69 Å². The third-order valence-electron chi connectivity index (χ3n) is 2.07. The van der Waals surface area contributed by atoms with Crippen molar-refractivity contribution in [2.24, 2.45) is 0 Å². The summed E-state index contributed by atoms with van der Waals surface area (Å²) in [6, 6.07) is 11.2. The van der Waals surface area contributed by atoms with Gasteiger partial charge in [0.1, 0.15) is 6.07 Å². The van der Waals surface area contributed by atoms with Gasteiger partial charge in [0.25, 0.3) is 0 Å². The second kappa shape index (κ2) is 4.37. The predicted octanol–water partition coefficient (Wildman–Crippen LogP) is 2.52. The minimum Gasteiger partial charge on any atom is -0.481 e. The highest BCUT2D eigenvalue weighted by Gasteiger charge is 2.09. The number of methoxy groups -OCH3 is 1. The van der Waals surface area contributed by atoms with E-state index in [-0.39, 0.29) is 0 Å². The summed E-state index contributed by atoms with van der Waals surface area (Å²) in [6.07, 6.45) is 0. The number of halogens is 1. The molecular formula is C11H8BrN3O. The number of aromatic nitrogens is 2. The van der Waals surface area contributed by atoms with Crippen molar-refractivity contribution in [2.45, 2.75) is 0 Å². The van der Waals surface area contributed by atoms with Crippen LogP contribution >= 0.6 is 15.9 Å². The van der Waals surface area contributed by atoms with Crippen LogP contribution < -0.4 is 4.74 Å². The second-order valence-corrected chi connectivity index (χ2v) is 3.99. The van der Waals surface area contributed by atoms with Crippen LogP contribution in [0, 0.1) is 11.3 Å². The van der Waals surface area contributed by atoms with Crippen LogP contribution in [0.5, 0.6) is 5.88 Å². The first-order valence-corrected chi connectivity index (χ1v) is 5.34. The summed E-state index contributed by atoms with van der Waals surface area (Å²) in [4.78, 5) is 0. The van der Waals surface area contributed by atoms with E-state index in [1.807, 2.05) is 30.3 Å². The average Bonchev–Trinajstić information content (AvgIpc) is 2.73. The molecule has 5 heteroatoms. The van der Waals surface area contributed by atoms with E-state index in [1.54, 1.807) is 17.9 Å². The van der Waals surface area contributed by atoms with E-state index in [1.165, 1.54) is 0 Å². The van der Waals surface area contributed by atoms with Crippen molar-refractivity contribution >= 4 is 15.9 Å². The molecule has 0 saturated heterocycles. The lowest BCUT2D eigenvalue weighted by Crippen LogP contribution is -1.99. The number of hydrogen-bond acceptors (Lipinski definition) is 3. The Bertz CT molecular complexity index is 539. The van der Waals surface area contributed by atoms with Gasteiger partial charge in [-0.25, -0.2) is 0 Å². The molecule has 0 aliphatic heterocycles. The molecular weight excluding hydrogens is 270 g/mol. The Kier molecular flexibility index (Phi) is 2.93.